The Morgan fingerprint density at radius 1 is 1.21 bits per heavy atom. The van der Waals surface area contributed by atoms with Crippen molar-refractivity contribution in [3.05, 3.63) is 65.8 Å². The average molecular weight is 390 g/mol. The summed E-state index contributed by atoms with van der Waals surface area (Å²) < 4.78 is 5.52. The average Bonchev–Trinajstić information content (AvgIpc) is 3.13. The molecule has 9 nitrogen and oxygen atoms in total. The van der Waals surface area contributed by atoms with Crippen LogP contribution < -0.4 is 10.2 Å². The van der Waals surface area contributed by atoms with Gasteiger partial charge in [0.15, 0.2) is 5.82 Å². The Morgan fingerprint density at radius 3 is 2.76 bits per heavy atom. The molecule has 6 rings (SSSR count). The molecule has 0 spiro atoms. The van der Waals surface area contributed by atoms with E-state index in [9.17, 15) is 9.59 Å². The Balaban J connectivity index is 1.34. The van der Waals surface area contributed by atoms with Crippen LogP contribution in [0.1, 0.15) is 46.6 Å². The number of hydrogen-bond donors (Lipinski definition) is 1. The largest absolute Gasteiger partial charge is 0.417 e. The first-order chi connectivity index (χ1) is 14.1. The molecule has 0 saturated heterocycles. The molecule has 3 aromatic rings. The van der Waals surface area contributed by atoms with Crippen LogP contribution in [0.25, 0.3) is 0 Å². The maximum absolute atomic E-state index is 13.1. The molecule has 0 unspecified atom stereocenters. The molecule has 0 atom stereocenters. The second-order valence-corrected chi connectivity index (χ2v) is 7.43. The Labute approximate surface area is 166 Å². The smallest absolute Gasteiger partial charge is 0.309 e. The zero-order valence-electron chi connectivity index (χ0n) is 15.7. The van der Waals surface area contributed by atoms with E-state index in [2.05, 4.69) is 25.5 Å². The first kappa shape index (κ1) is 17.5. The molecule has 3 aliphatic rings. The zero-order valence-corrected chi connectivity index (χ0v) is 15.7. The lowest BCUT2D eigenvalue weighted by molar-refractivity contribution is -0.127. The SMILES string of the molecule is CN1C(=O)C2(NC(=O)c3nnc(Cc4ccccc4)o3)CC(C2)c2nccnc21. The van der Waals surface area contributed by atoms with Crippen molar-refractivity contribution in [1.82, 2.24) is 25.5 Å². The topological polar surface area (TPSA) is 114 Å². The summed E-state index contributed by atoms with van der Waals surface area (Å²) in [6, 6.07) is 9.64. The highest BCUT2D eigenvalue weighted by atomic mass is 16.4. The fourth-order valence-electron chi connectivity index (χ4n) is 4.07. The van der Waals surface area contributed by atoms with Gasteiger partial charge in [0.25, 0.3) is 5.91 Å². The lowest BCUT2D eigenvalue weighted by atomic mass is 9.67. The van der Waals surface area contributed by atoms with E-state index in [-0.39, 0.29) is 17.7 Å². The number of rotatable bonds is 4. The first-order valence-electron chi connectivity index (χ1n) is 9.34. The van der Waals surface area contributed by atoms with Crippen LogP contribution in [0, 0.1) is 0 Å². The van der Waals surface area contributed by atoms with Gasteiger partial charge in [-0.05, 0) is 18.4 Å². The quantitative estimate of drug-likeness (QED) is 0.717. The number of carbonyl (C=O) groups is 2. The van der Waals surface area contributed by atoms with Gasteiger partial charge in [-0.25, -0.2) is 4.98 Å². The minimum atomic E-state index is -1.01. The van der Waals surface area contributed by atoms with Gasteiger partial charge in [-0.3, -0.25) is 19.5 Å². The third-order valence-corrected chi connectivity index (χ3v) is 5.53. The van der Waals surface area contributed by atoms with Gasteiger partial charge >= 0.3 is 11.8 Å². The van der Waals surface area contributed by atoms with E-state index in [0.717, 1.165) is 11.3 Å². The molecular formula is C20H18N6O3. The van der Waals surface area contributed by atoms with Gasteiger partial charge in [-0.2, -0.15) is 0 Å². The molecule has 0 radical (unpaired) electrons. The molecule has 1 aromatic carbocycles. The molecule has 2 aliphatic heterocycles. The van der Waals surface area contributed by atoms with Crippen molar-refractivity contribution >= 4 is 17.6 Å². The van der Waals surface area contributed by atoms with E-state index >= 15 is 0 Å². The number of amides is 2. The Bertz CT molecular complexity index is 1090. The minimum Gasteiger partial charge on any atom is -0.417 e. The van der Waals surface area contributed by atoms with Gasteiger partial charge in [0, 0.05) is 25.4 Å². The predicted octanol–water partition coefficient (Wildman–Crippen LogP) is 1.47. The minimum absolute atomic E-state index is 0.0734. The zero-order chi connectivity index (χ0) is 20.0. The predicted molar refractivity (Wildman–Crippen MR) is 101 cm³/mol. The molecule has 1 aliphatic carbocycles. The van der Waals surface area contributed by atoms with Crippen LogP contribution in [-0.4, -0.2) is 44.6 Å². The van der Waals surface area contributed by atoms with Gasteiger partial charge in [0.05, 0.1) is 12.1 Å². The van der Waals surface area contributed by atoms with Crippen LogP contribution in [0.2, 0.25) is 0 Å². The third kappa shape index (κ3) is 2.86. The van der Waals surface area contributed by atoms with Crippen molar-refractivity contribution in [2.75, 3.05) is 11.9 Å². The summed E-state index contributed by atoms with van der Waals surface area (Å²) in [7, 11) is 1.65. The summed E-state index contributed by atoms with van der Waals surface area (Å²) in [6.45, 7) is 0. The van der Waals surface area contributed by atoms with Crippen molar-refractivity contribution in [3.63, 3.8) is 0 Å². The lowest BCUT2D eigenvalue weighted by Crippen LogP contribution is -2.64. The Kier molecular flexibility index (Phi) is 3.90. The van der Waals surface area contributed by atoms with E-state index in [1.807, 2.05) is 30.3 Å². The molecular weight excluding hydrogens is 372 g/mol. The number of anilines is 1. The van der Waals surface area contributed by atoms with Gasteiger partial charge in [-0.15, -0.1) is 10.2 Å². The van der Waals surface area contributed by atoms with E-state index in [1.54, 1.807) is 19.4 Å². The fourth-order valence-corrected chi connectivity index (χ4v) is 4.07. The molecule has 1 N–H and O–H groups in total. The summed E-state index contributed by atoms with van der Waals surface area (Å²) in [5.41, 5.74) is 0.781. The third-order valence-electron chi connectivity index (χ3n) is 5.53. The van der Waals surface area contributed by atoms with Crippen LogP contribution in [0.4, 0.5) is 5.82 Å². The second kappa shape index (κ2) is 6.47. The van der Waals surface area contributed by atoms with Crippen LogP contribution in [0.5, 0.6) is 0 Å². The fraction of sp³-hybridized carbons (Fsp3) is 0.300. The Hall–Kier alpha value is -3.62. The highest BCUT2D eigenvalue weighted by Gasteiger charge is 2.57. The maximum atomic E-state index is 13.1. The molecule has 1 fully saturated rings. The van der Waals surface area contributed by atoms with Crippen molar-refractivity contribution < 1.29 is 14.0 Å². The highest BCUT2D eigenvalue weighted by Crippen LogP contribution is 2.50. The number of fused-ring (bicyclic) bond motifs is 1. The van der Waals surface area contributed by atoms with E-state index < -0.39 is 11.4 Å². The Morgan fingerprint density at radius 2 is 1.97 bits per heavy atom. The summed E-state index contributed by atoms with van der Waals surface area (Å²) in [5.74, 6) is 0.0372. The molecule has 4 heterocycles. The second-order valence-electron chi connectivity index (χ2n) is 7.43. The summed E-state index contributed by atoms with van der Waals surface area (Å²) in [5, 5.41) is 10.6. The molecule has 1 saturated carbocycles. The molecule has 2 bridgehead atoms. The summed E-state index contributed by atoms with van der Waals surface area (Å²) >= 11 is 0. The normalized spacial score (nSPS) is 22.4. The number of likely N-dealkylation sites (N-methyl/N-ethyl adjacent to an activating group) is 1. The lowest BCUT2D eigenvalue weighted by Gasteiger charge is -2.44. The van der Waals surface area contributed by atoms with Gasteiger partial charge in [0.1, 0.15) is 5.54 Å². The molecule has 9 heteroatoms. The number of nitrogens with one attached hydrogen (secondary N) is 1. The van der Waals surface area contributed by atoms with Crippen LogP contribution in [0.3, 0.4) is 0 Å². The summed E-state index contributed by atoms with van der Waals surface area (Å²) in [6.07, 6.45) is 4.55. The van der Waals surface area contributed by atoms with Crippen molar-refractivity contribution in [2.24, 2.45) is 0 Å². The number of hydrogen-bond acceptors (Lipinski definition) is 7. The number of aromatic nitrogens is 4. The van der Waals surface area contributed by atoms with E-state index in [0.29, 0.717) is 31.0 Å². The van der Waals surface area contributed by atoms with Gasteiger partial charge in [0.2, 0.25) is 5.89 Å². The highest BCUT2D eigenvalue weighted by molar-refractivity contribution is 6.05. The first-order valence-corrected chi connectivity index (χ1v) is 9.34. The number of benzene rings is 1. The molecule has 2 aromatic heterocycles. The number of nitrogens with zero attached hydrogens (tertiary/aromatic N) is 5. The van der Waals surface area contributed by atoms with Gasteiger partial charge in [-0.1, -0.05) is 30.3 Å². The molecule has 2 amide bonds. The van der Waals surface area contributed by atoms with Crippen LogP contribution in [0.15, 0.2) is 47.1 Å². The summed E-state index contributed by atoms with van der Waals surface area (Å²) in [4.78, 5) is 35.9. The maximum Gasteiger partial charge on any atom is 0.309 e. The van der Waals surface area contributed by atoms with E-state index in [4.69, 9.17) is 4.42 Å². The number of carbonyl (C=O) groups excluding carboxylic acids is 2. The van der Waals surface area contributed by atoms with Gasteiger partial charge < -0.3 is 9.73 Å². The van der Waals surface area contributed by atoms with E-state index in [1.165, 1.54) is 4.90 Å². The van der Waals surface area contributed by atoms with Crippen LogP contribution in [-0.2, 0) is 11.2 Å². The standard InChI is InChI=1S/C20H18N6O3/c1-26-16-15(21-7-8-22-16)13-10-20(11-13,19(26)28)23-17(27)18-25-24-14(29-18)9-12-5-3-2-4-6-12/h2-8,13H,9-11H2,1H3,(H,23,27). The monoisotopic (exact) mass is 390 g/mol. The molecule has 29 heavy (non-hydrogen) atoms. The van der Waals surface area contributed by atoms with Crippen LogP contribution >= 0.6 is 0 Å². The molecule has 146 valence electrons. The van der Waals surface area contributed by atoms with Crippen molar-refractivity contribution in [2.45, 2.75) is 30.7 Å². The van der Waals surface area contributed by atoms with Crippen molar-refractivity contribution in [3.8, 4) is 0 Å². The van der Waals surface area contributed by atoms with Crippen molar-refractivity contribution in [1.29, 1.82) is 0 Å².